The van der Waals surface area contributed by atoms with Crippen molar-refractivity contribution in [2.24, 2.45) is 0 Å². The predicted octanol–water partition coefficient (Wildman–Crippen LogP) is 2.90. The zero-order valence-corrected chi connectivity index (χ0v) is 10.8. The molecule has 2 aromatic carbocycles. The van der Waals surface area contributed by atoms with Gasteiger partial charge >= 0.3 is 0 Å². The molecule has 3 heteroatoms. The van der Waals surface area contributed by atoms with Gasteiger partial charge in [-0.15, -0.1) is 0 Å². The molecule has 2 N–H and O–H groups in total. The van der Waals surface area contributed by atoms with Gasteiger partial charge in [-0.3, -0.25) is 4.79 Å². The molecule has 0 fully saturated rings. The van der Waals surface area contributed by atoms with Gasteiger partial charge < -0.3 is 10.6 Å². The molecule has 3 nitrogen and oxygen atoms in total. The van der Waals surface area contributed by atoms with Crippen LogP contribution < -0.4 is 5.73 Å². The molecule has 18 heavy (non-hydrogen) atoms. The number of fused-ring (bicyclic) bond motifs is 1. The number of carbonyl (C=O) groups is 1. The molecule has 0 aliphatic heterocycles. The van der Waals surface area contributed by atoms with Crippen molar-refractivity contribution in [1.29, 1.82) is 0 Å². The molecule has 0 saturated carbocycles. The maximum absolute atomic E-state index is 12.2. The Labute approximate surface area is 107 Å². The van der Waals surface area contributed by atoms with E-state index in [1.54, 1.807) is 11.9 Å². The fraction of sp³-hybridized carbons (Fsp3) is 0.267. The molecule has 0 heterocycles. The third kappa shape index (κ3) is 2.30. The molecule has 2 aromatic rings. The molecular weight excluding hydrogens is 224 g/mol. The lowest BCUT2D eigenvalue weighted by molar-refractivity contribution is 0.0796. The minimum atomic E-state index is -0.0138. The van der Waals surface area contributed by atoms with E-state index in [0.29, 0.717) is 11.3 Å². The summed E-state index contributed by atoms with van der Waals surface area (Å²) in [4.78, 5) is 14.0. The molecule has 0 unspecified atom stereocenters. The second-order valence-electron chi connectivity index (χ2n) is 4.51. The highest BCUT2D eigenvalue weighted by atomic mass is 16.2. The van der Waals surface area contributed by atoms with Gasteiger partial charge in [-0.05, 0) is 29.3 Å². The summed E-state index contributed by atoms with van der Waals surface area (Å²) < 4.78 is 0. The third-order valence-electron chi connectivity index (χ3n) is 3.05. The normalized spacial score (nSPS) is 10.6. The number of rotatable bonds is 3. The van der Waals surface area contributed by atoms with Gasteiger partial charge in [0.25, 0.3) is 5.91 Å². The van der Waals surface area contributed by atoms with Crippen LogP contribution in [0.3, 0.4) is 0 Å². The van der Waals surface area contributed by atoms with Gasteiger partial charge in [-0.2, -0.15) is 0 Å². The van der Waals surface area contributed by atoms with E-state index in [2.05, 4.69) is 0 Å². The maximum Gasteiger partial charge on any atom is 0.255 e. The smallest absolute Gasteiger partial charge is 0.255 e. The van der Waals surface area contributed by atoms with Crippen LogP contribution in [-0.4, -0.2) is 24.4 Å². The Morgan fingerprint density at radius 3 is 2.44 bits per heavy atom. The first kappa shape index (κ1) is 12.4. The number of nitrogens with zero attached hydrogens (tertiary/aromatic N) is 1. The van der Waals surface area contributed by atoms with E-state index in [4.69, 9.17) is 5.73 Å². The SMILES string of the molecule is CCCN(C)C(=O)c1cc2ccccc2cc1N. The Balaban J connectivity index is 2.44. The second-order valence-corrected chi connectivity index (χ2v) is 4.51. The van der Waals surface area contributed by atoms with Gasteiger partial charge in [-0.1, -0.05) is 31.2 Å². The van der Waals surface area contributed by atoms with E-state index in [1.165, 1.54) is 0 Å². The van der Waals surface area contributed by atoms with E-state index >= 15 is 0 Å². The van der Waals surface area contributed by atoms with Gasteiger partial charge in [0.2, 0.25) is 0 Å². The van der Waals surface area contributed by atoms with Crippen molar-refractivity contribution in [1.82, 2.24) is 4.90 Å². The highest BCUT2D eigenvalue weighted by molar-refractivity contribution is 6.03. The van der Waals surface area contributed by atoms with E-state index in [0.717, 1.165) is 23.7 Å². The molecule has 0 radical (unpaired) electrons. The number of nitrogens with two attached hydrogens (primary N) is 1. The van der Waals surface area contributed by atoms with Crippen molar-refractivity contribution in [2.45, 2.75) is 13.3 Å². The number of carbonyl (C=O) groups excluding carboxylic acids is 1. The molecule has 0 saturated heterocycles. The summed E-state index contributed by atoms with van der Waals surface area (Å²) in [6.07, 6.45) is 0.940. The number of benzene rings is 2. The van der Waals surface area contributed by atoms with Crippen LogP contribution in [0.15, 0.2) is 36.4 Å². The van der Waals surface area contributed by atoms with E-state index < -0.39 is 0 Å². The van der Waals surface area contributed by atoms with Crippen LogP contribution in [0.2, 0.25) is 0 Å². The largest absolute Gasteiger partial charge is 0.398 e. The molecule has 0 atom stereocenters. The summed E-state index contributed by atoms with van der Waals surface area (Å²) in [5.41, 5.74) is 7.10. The van der Waals surface area contributed by atoms with Crippen molar-refractivity contribution < 1.29 is 4.79 Å². The molecule has 0 aliphatic carbocycles. The summed E-state index contributed by atoms with van der Waals surface area (Å²) in [5, 5.41) is 2.10. The molecule has 0 bridgehead atoms. The number of hydrogen-bond acceptors (Lipinski definition) is 2. The minimum absolute atomic E-state index is 0.0138. The van der Waals surface area contributed by atoms with Crippen LogP contribution in [0.5, 0.6) is 0 Å². The Kier molecular flexibility index (Phi) is 3.51. The van der Waals surface area contributed by atoms with Gasteiger partial charge in [0.15, 0.2) is 0 Å². The number of anilines is 1. The number of nitrogen functional groups attached to an aromatic ring is 1. The van der Waals surface area contributed by atoms with Crippen molar-refractivity contribution in [2.75, 3.05) is 19.3 Å². The summed E-state index contributed by atoms with van der Waals surface area (Å²) >= 11 is 0. The average molecular weight is 242 g/mol. The third-order valence-corrected chi connectivity index (χ3v) is 3.05. The predicted molar refractivity (Wildman–Crippen MR) is 75.6 cm³/mol. The molecule has 0 spiro atoms. The van der Waals surface area contributed by atoms with Crippen molar-refractivity contribution >= 4 is 22.4 Å². The summed E-state index contributed by atoms with van der Waals surface area (Å²) in [7, 11) is 1.81. The Morgan fingerprint density at radius 1 is 1.22 bits per heavy atom. The standard InChI is InChI=1S/C15H18N2O/c1-3-8-17(2)15(18)13-9-11-6-4-5-7-12(11)10-14(13)16/h4-7,9-10H,3,8,16H2,1-2H3. The quantitative estimate of drug-likeness (QED) is 0.841. The zero-order chi connectivity index (χ0) is 13.1. The number of amides is 1. The van der Waals surface area contributed by atoms with E-state index in [1.807, 2.05) is 43.3 Å². The summed E-state index contributed by atoms with van der Waals surface area (Å²) in [6, 6.07) is 11.7. The molecule has 1 amide bonds. The molecular formula is C15H18N2O. The number of hydrogen-bond donors (Lipinski definition) is 1. The average Bonchev–Trinajstić information content (AvgIpc) is 2.37. The first-order chi connectivity index (χ1) is 8.63. The fourth-order valence-corrected chi connectivity index (χ4v) is 2.09. The Bertz CT molecular complexity index is 578. The lowest BCUT2D eigenvalue weighted by atomic mass is 10.0. The van der Waals surface area contributed by atoms with E-state index in [9.17, 15) is 4.79 Å². The lowest BCUT2D eigenvalue weighted by Gasteiger charge is -2.17. The Hall–Kier alpha value is -2.03. The minimum Gasteiger partial charge on any atom is -0.398 e. The summed E-state index contributed by atoms with van der Waals surface area (Å²) in [5.74, 6) is -0.0138. The monoisotopic (exact) mass is 242 g/mol. The molecule has 0 aliphatic rings. The first-order valence-corrected chi connectivity index (χ1v) is 6.17. The fourth-order valence-electron chi connectivity index (χ4n) is 2.09. The van der Waals surface area contributed by atoms with Crippen molar-refractivity contribution in [3.8, 4) is 0 Å². The van der Waals surface area contributed by atoms with Gasteiger partial charge in [0.05, 0.1) is 5.56 Å². The molecule has 0 aromatic heterocycles. The second kappa shape index (κ2) is 5.08. The summed E-state index contributed by atoms with van der Waals surface area (Å²) in [6.45, 7) is 2.79. The van der Waals surface area contributed by atoms with Crippen LogP contribution in [0.25, 0.3) is 10.8 Å². The van der Waals surface area contributed by atoms with Gasteiger partial charge in [-0.25, -0.2) is 0 Å². The van der Waals surface area contributed by atoms with Crippen molar-refractivity contribution in [3.63, 3.8) is 0 Å². The van der Waals surface area contributed by atoms with E-state index in [-0.39, 0.29) is 5.91 Å². The van der Waals surface area contributed by atoms with Crippen LogP contribution in [0.1, 0.15) is 23.7 Å². The van der Waals surface area contributed by atoms with Crippen LogP contribution in [0, 0.1) is 0 Å². The van der Waals surface area contributed by atoms with Crippen LogP contribution in [-0.2, 0) is 0 Å². The van der Waals surface area contributed by atoms with Crippen molar-refractivity contribution in [3.05, 3.63) is 42.0 Å². The van der Waals surface area contributed by atoms with Crippen LogP contribution >= 0.6 is 0 Å². The molecule has 2 rings (SSSR count). The topological polar surface area (TPSA) is 46.3 Å². The maximum atomic E-state index is 12.2. The van der Waals surface area contributed by atoms with Crippen LogP contribution in [0.4, 0.5) is 5.69 Å². The lowest BCUT2D eigenvalue weighted by Crippen LogP contribution is -2.28. The van der Waals surface area contributed by atoms with Gasteiger partial charge in [0, 0.05) is 19.3 Å². The molecule has 94 valence electrons. The Morgan fingerprint density at radius 2 is 1.83 bits per heavy atom. The highest BCUT2D eigenvalue weighted by Gasteiger charge is 2.14. The first-order valence-electron chi connectivity index (χ1n) is 6.17. The zero-order valence-electron chi connectivity index (χ0n) is 10.8. The van der Waals surface area contributed by atoms with Gasteiger partial charge in [0.1, 0.15) is 0 Å². The highest BCUT2D eigenvalue weighted by Crippen LogP contribution is 2.22.